The van der Waals surface area contributed by atoms with Gasteiger partial charge in [-0.05, 0) is 44.5 Å². The highest BCUT2D eigenvalue weighted by molar-refractivity contribution is 6.30. The number of amides is 1. The molecule has 0 radical (unpaired) electrons. The third-order valence-corrected chi connectivity index (χ3v) is 4.71. The summed E-state index contributed by atoms with van der Waals surface area (Å²) in [5, 5.41) is 21.1. The van der Waals surface area contributed by atoms with Crippen molar-refractivity contribution in [2.45, 2.75) is 33.4 Å². The van der Waals surface area contributed by atoms with Crippen LogP contribution in [0.15, 0.2) is 36.5 Å². The third kappa shape index (κ3) is 4.07. The molecule has 146 valence electrons. The zero-order valence-corrected chi connectivity index (χ0v) is 16.4. The van der Waals surface area contributed by atoms with E-state index in [9.17, 15) is 9.59 Å². The Hall–Kier alpha value is -3.13. The number of anilines is 1. The zero-order chi connectivity index (χ0) is 20.4. The number of rotatable bonds is 6. The molecule has 9 heteroatoms. The van der Waals surface area contributed by atoms with Gasteiger partial charge in [0.05, 0.1) is 23.6 Å². The Bertz CT molecular complexity index is 1020. The predicted molar refractivity (Wildman–Crippen MR) is 105 cm³/mol. The van der Waals surface area contributed by atoms with Crippen LogP contribution in [-0.2, 0) is 11.3 Å². The zero-order valence-electron chi connectivity index (χ0n) is 15.7. The normalized spacial score (nSPS) is 12.0. The van der Waals surface area contributed by atoms with Gasteiger partial charge >= 0.3 is 5.97 Å². The van der Waals surface area contributed by atoms with Crippen LogP contribution < -0.4 is 5.32 Å². The van der Waals surface area contributed by atoms with Gasteiger partial charge in [0, 0.05) is 11.2 Å². The van der Waals surface area contributed by atoms with E-state index in [0.29, 0.717) is 22.9 Å². The van der Waals surface area contributed by atoms with E-state index in [4.69, 9.17) is 16.7 Å². The molecule has 3 rings (SSSR count). The summed E-state index contributed by atoms with van der Waals surface area (Å²) in [6, 6.07) is 8.12. The van der Waals surface area contributed by atoms with Crippen LogP contribution in [0.4, 0.5) is 5.69 Å². The molecular weight excluding hydrogens is 382 g/mol. The van der Waals surface area contributed by atoms with E-state index < -0.39 is 17.9 Å². The van der Waals surface area contributed by atoms with Crippen molar-refractivity contribution in [3.8, 4) is 0 Å². The van der Waals surface area contributed by atoms with E-state index >= 15 is 0 Å². The first-order valence-electron chi connectivity index (χ1n) is 8.64. The SMILES string of the molecule is Cc1nn(Cc2ccc(Cl)cc2)c(C)c1NC(=O)c1ccn(C(C)C(=O)O)n1. The molecule has 0 aliphatic rings. The summed E-state index contributed by atoms with van der Waals surface area (Å²) in [5.41, 5.74) is 3.27. The molecule has 1 atom stereocenters. The summed E-state index contributed by atoms with van der Waals surface area (Å²) in [5.74, 6) is -1.45. The standard InChI is InChI=1S/C19H20ClN5O3/c1-11-17(12(2)25(22-11)10-14-4-6-15(20)7-5-14)21-18(26)16-8-9-24(23-16)13(3)19(27)28/h4-9,13H,10H2,1-3H3,(H,21,26)(H,27,28). The highest BCUT2D eigenvalue weighted by Gasteiger charge is 2.19. The largest absolute Gasteiger partial charge is 0.480 e. The number of carboxylic acid groups (broad SMARTS) is 1. The first-order chi connectivity index (χ1) is 13.3. The fraction of sp³-hybridized carbons (Fsp3) is 0.263. The number of carbonyl (C=O) groups is 2. The number of carbonyl (C=O) groups excluding carboxylic acids is 1. The Balaban J connectivity index is 1.77. The molecule has 3 aromatic rings. The van der Waals surface area contributed by atoms with E-state index in [0.717, 1.165) is 11.3 Å². The van der Waals surface area contributed by atoms with Gasteiger partial charge < -0.3 is 10.4 Å². The number of hydrogen-bond acceptors (Lipinski definition) is 4. The van der Waals surface area contributed by atoms with E-state index in [2.05, 4.69) is 15.5 Å². The summed E-state index contributed by atoms with van der Waals surface area (Å²) in [6.45, 7) is 5.72. The Kier molecular flexibility index (Phi) is 5.51. The van der Waals surface area contributed by atoms with Gasteiger partial charge in [-0.3, -0.25) is 14.2 Å². The second-order valence-corrected chi connectivity index (χ2v) is 6.92. The van der Waals surface area contributed by atoms with Gasteiger partial charge in [0.15, 0.2) is 5.69 Å². The molecule has 0 saturated heterocycles. The molecule has 1 aromatic carbocycles. The smallest absolute Gasteiger partial charge is 0.328 e. The van der Waals surface area contributed by atoms with Gasteiger partial charge in [0.1, 0.15) is 6.04 Å². The van der Waals surface area contributed by atoms with Crippen molar-refractivity contribution < 1.29 is 14.7 Å². The fourth-order valence-corrected chi connectivity index (χ4v) is 2.89. The quantitative estimate of drug-likeness (QED) is 0.659. The van der Waals surface area contributed by atoms with Crippen molar-refractivity contribution in [3.05, 3.63) is 64.2 Å². The summed E-state index contributed by atoms with van der Waals surface area (Å²) in [4.78, 5) is 23.6. The Morgan fingerprint density at radius 2 is 1.86 bits per heavy atom. The number of aliphatic carboxylic acids is 1. The molecule has 2 aromatic heterocycles. The van der Waals surface area contributed by atoms with Gasteiger partial charge in [-0.1, -0.05) is 23.7 Å². The molecule has 0 aliphatic heterocycles. The molecule has 28 heavy (non-hydrogen) atoms. The van der Waals surface area contributed by atoms with Gasteiger partial charge in [-0.2, -0.15) is 10.2 Å². The molecule has 8 nitrogen and oxygen atoms in total. The van der Waals surface area contributed by atoms with Crippen LogP contribution in [0.5, 0.6) is 0 Å². The average Bonchev–Trinajstić information content (AvgIpc) is 3.24. The maximum absolute atomic E-state index is 12.5. The van der Waals surface area contributed by atoms with Crippen molar-refractivity contribution in [1.82, 2.24) is 19.6 Å². The Morgan fingerprint density at radius 1 is 1.18 bits per heavy atom. The second kappa shape index (κ2) is 7.85. The van der Waals surface area contributed by atoms with Gasteiger partial charge in [-0.15, -0.1) is 0 Å². The molecule has 1 amide bonds. The second-order valence-electron chi connectivity index (χ2n) is 6.48. The maximum Gasteiger partial charge on any atom is 0.328 e. The molecule has 1 unspecified atom stereocenters. The fourth-order valence-electron chi connectivity index (χ4n) is 2.76. The monoisotopic (exact) mass is 401 g/mol. The summed E-state index contributed by atoms with van der Waals surface area (Å²) < 4.78 is 3.04. The van der Waals surface area contributed by atoms with Crippen molar-refractivity contribution in [3.63, 3.8) is 0 Å². The number of nitrogens with one attached hydrogen (secondary N) is 1. The van der Waals surface area contributed by atoms with Crippen LogP contribution in [0.3, 0.4) is 0 Å². The average molecular weight is 402 g/mol. The highest BCUT2D eigenvalue weighted by Crippen LogP contribution is 2.22. The van der Waals surface area contributed by atoms with E-state index in [1.54, 1.807) is 4.68 Å². The number of benzene rings is 1. The van der Waals surface area contributed by atoms with Crippen LogP contribution in [-0.4, -0.2) is 36.5 Å². The summed E-state index contributed by atoms with van der Waals surface area (Å²) in [7, 11) is 0. The van der Waals surface area contributed by atoms with Crippen LogP contribution >= 0.6 is 11.6 Å². The number of aryl methyl sites for hydroxylation is 1. The molecule has 2 N–H and O–H groups in total. The lowest BCUT2D eigenvalue weighted by atomic mass is 10.2. The first kappa shape index (κ1) is 19.6. The first-order valence-corrected chi connectivity index (χ1v) is 9.02. The van der Waals surface area contributed by atoms with E-state index in [1.807, 2.05) is 38.1 Å². The topological polar surface area (TPSA) is 102 Å². The number of hydrogen-bond donors (Lipinski definition) is 2. The van der Waals surface area contributed by atoms with Crippen molar-refractivity contribution >= 4 is 29.2 Å². The lowest BCUT2D eigenvalue weighted by molar-refractivity contribution is -0.140. The minimum absolute atomic E-state index is 0.136. The molecule has 0 spiro atoms. The molecule has 0 bridgehead atoms. The lowest BCUT2D eigenvalue weighted by Crippen LogP contribution is -2.18. The van der Waals surface area contributed by atoms with E-state index in [1.165, 1.54) is 23.9 Å². The Labute approximate surface area is 166 Å². The van der Waals surface area contributed by atoms with Crippen LogP contribution in [0.25, 0.3) is 0 Å². The predicted octanol–water partition coefficient (Wildman–Crippen LogP) is 3.30. The number of nitrogens with zero attached hydrogens (tertiary/aromatic N) is 4. The number of aromatic nitrogens is 4. The molecular formula is C19H20ClN5O3. The molecule has 2 heterocycles. The maximum atomic E-state index is 12.5. The number of halogens is 1. The summed E-state index contributed by atoms with van der Waals surface area (Å²) in [6.07, 6.45) is 1.47. The minimum Gasteiger partial charge on any atom is -0.480 e. The van der Waals surface area contributed by atoms with Crippen molar-refractivity contribution in [1.29, 1.82) is 0 Å². The van der Waals surface area contributed by atoms with Crippen molar-refractivity contribution in [2.24, 2.45) is 0 Å². The lowest BCUT2D eigenvalue weighted by Gasteiger charge is -2.07. The third-order valence-electron chi connectivity index (χ3n) is 4.46. The minimum atomic E-state index is -1.02. The highest BCUT2D eigenvalue weighted by atomic mass is 35.5. The van der Waals surface area contributed by atoms with Gasteiger partial charge in [-0.25, -0.2) is 4.79 Å². The summed E-state index contributed by atoms with van der Waals surface area (Å²) >= 11 is 5.92. The Morgan fingerprint density at radius 3 is 2.50 bits per heavy atom. The van der Waals surface area contributed by atoms with Crippen LogP contribution in [0.2, 0.25) is 5.02 Å². The van der Waals surface area contributed by atoms with Crippen LogP contribution in [0, 0.1) is 13.8 Å². The molecule has 0 fully saturated rings. The van der Waals surface area contributed by atoms with E-state index in [-0.39, 0.29) is 5.69 Å². The van der Waals surface area contributed by atoms with Crippen molar-refractivity contribution in [2.75, 3.05) is 5.32 Å². The van der Waals surface area contributed by atoms with Gasteiger partial charge in [0.2, 0.25) is 0 Å². The van der Waals surface area contributed by atoms with Crippen LogP contribution in [0.1, 0.15) is 40.4 Å². The van der Waals surface area contributed by atoms with Gasteiger partial charge in [0.25, 0.3) is 5.91 Å². The number of carboxylic acids is 1. The molecule has 0 saturated carbocycles. The molecule has 0 aliphatic carbocycles.